The standard InChI is InChI=1S/C16H14F3N3O2S/c17-16(18,19)13-5-1-2-6-14(13)25(23,24)20-9-8-12-11-22-10-4-3-7-15(22)21-12/h1-7,10-11,20H,8-9H2. The van der Waals surface area contributed by atoms with Crippen LogP contribution in [0.5, 0.6) is 0 Å². The molecule has 132 valence electrons. The summed E-state index contributed by atoms with van der Waals surface area (Å²) in [5, 5.41) is 0. The number of imidazole rings is 1. The van der Waals surface area contributed by atoms with Crippen LogP contribution in [0.25, 0.3) is 5.65 Å². The summed E-state index contributed by atoms with van der Waals surface area (Å²) in [7, 11) is -4.28. The minimum absolute atomic E-state index is 0.0571. The predicted molar refractivity (Wildman–Crippen MR) is 85.5 cm³/mol. The molecule has 0 fully saturated rings. The zero-order valence-corrected chi connectivity index (χ0v) is 13.7. The van der Waals surface area contributed by atoms with E-state index >= 15 is 0 Å². The summed E-state index contributed by atoms with van der Waals surface area (Å²) >= 11 is 0. The minimum atomic E-state index is -4.74. The van der Waals surface area contributed by atoms with Crippen LogP contribution in [0, 0.1) is 0 Å². The molecule has 25 heavy (non-hydrogen) atoms. The van der Waals surface area contributed by atoms with E-state index in [4.69, 9.17) is 0 Å². The number of rotatable bonds is 5. The Morgan fingerprint density at radius 2 is 1.80 bits per heavy atom. The number of halogens is 3. The summed E-state index contributed by atoms with van der Waals surface area (Å²) < 4.78 is 67.4. The first-order valence-electron chi connectivity index (χ1n) is 7.36. The van der Waals surface area contributed by atoms with Crippen molar-refractivity contribution in [3.05, 3.63) is 66.1 Å². The molecule has 0 amide bonds. The summed E-state index contributed by atoms with van der Waals surface area (Å²) in [6, 6.07) is 9.54. The molecule has 0 aliphatic rings. The number of fused-ring (bicyclic) bond motifs is 1. The zero-order chi connectivity index (χ0) is 18.1. The van der Waals surface area contributed by atoms with E-state index in [0.29, 0.717) is 11.3 Å². The summed E-state index contributed by atoms with van der Waals surface area (Å²) in [4.78, 5) is 3.53. The van der Waals surface area contributed by atoms with Crippen molar-refractivity contribution in [2.75, 3.05) is 6.54 Å². The van der Waals surface area contributed by atoms with Gasteiger partial charge < -0.3 is 4.40 Å². The predicted octanol–water partition coefficient (Wildman–Crippen LogP) is 2.87. The molecule has 9 heteroatoms. The summed E-state index contributed by atoms with van der Waals surface area (Å²) in [6.07, 6.45) is -0.940. The number of hydrogen-bond acceptors (Lipinski definition) is 3. The Hall–Kier alpha value is -2.39. The first-order valence-corrected chi connectivity index (χ1v) is 8.84. The highest BCUT2D eigenvalue weighted by Crippen LogP contribution is 2.33. The third-order valence-electron chi connectivity index (χ3n) is 3.57. The molecule has 0 unspecified atom stereocenters. The average Bonchev–Trinajstić information content (AvgIpc) is 2.96. The Bertz CT molecular complexity index is 964. The van der Waals surface area contributed by atoms with Gasteiger partial charge in [-0.15, -0.1) is 0 Å². The molecule has 0 atom stereocenters. The summed E-state index contributed by atoms with van der Waals surface area (Å²) in [5.74, 6) is 0. The van der Waals surface area contributed by atoms with Gasteiger partial charge in [-0.25, -0.2) is 18.1 Å². The van der Waals surface area contributed by atoms with Crippen molar-refractivity contribution in [1.29, 1.82) is 0 Å². The van der Waals surface area contributed by atoms with E-state index in [0.717, 1.165) is 18.2 Å². The number of benzene rings is 1. The number of sulfonamides is 1. The lowest BCUT2D eigenvalue weighted by Crippen LogP contribution is -2.28. The van der Waals surface area contributed by atoms with Crippen molar-refractivity contribution in [1.82, 2.24) is 14.1 Å². The monoisotopic (exact) mass is 369 g/mol. The topological polar surface area (TPSA) is 63.5 Å². The SMILES string of the molecule is O=S(=O)(NCCc1cn2ccccc2n1)c1ccccc1C(F)(F)F. The van der Waals surface area contributed by atoms with Crippen LogP contribution in [-0.2, 0) is 22.6 Å². The first kappa shape index (κ1) is 17.4. The van der Waals surface area contributed by atoms with Crippen LogP contribution in [0.15, 0.2) is 59.8 Å². The van der Waals surface area contributed by atoms with E-state index in [1.54, 1.807) is 22.9 Å². The molecule has 5 nitrogen and oxygen atoms in total. The van der Waals surface area contributed by atoms with Gasteiger partial charge in [0.25, 0.3) is 0 Å². The molecule has 3 rings (SSSR count). The lowest BCUT2D eigenvalue weighted by molar-refractivity contribution is -0.139. The molecule has 2 heterocycles. The third-order valence-corrected chi connectivity index (χ3v) is 5.09. The lowest BCUT2D eigenvalue weighted by Gasteiger charge is -2.13. The molecule has 0 spiro atoms. The highest BCUT2D eigenvalue weighted by atomic mass is 32.2. The second-order valence-electron chi connectivity index (χ2n) is 5.34. The van der Waals surface area contributed by atoms with E-state index < -0.39 is 26.7 Å². The highest BCUT2D eigenvalue weighted by Gasteiger charge is 2.36. The van der Waals surface area contributed by atoms with Gasteiger partial charge in [0.15, 0.2) is 0 Å². The van der Waals surface area contributed by atoms with Gasteiger partial charge in [0, 0.05) is 25.4 Å². The molecule has 0 saturated heterocycles. The maximum atomic E-state index is 13.0. The molecule has 1 aromatic carbocycles. The van der Waals surface area contributed by atoms with E-state index in [1.165, 1.54) is 6.07 Å². The van der Waals surface area contributed by atoms with Crippen LogP contribution >= 0.6 is 0 Å². The molecule has 1 N–H and O–H groups in total. The Morgan fingerprint density at radius 1 is 1.08 bits per heavy atom. The molecule has 3 aromatic rings. The van der Waals surface area contributed by atoms with Crippen molar-refractivity contribution in [2.24, 2.45) is 0 Å². The van der Waals surface area contributed by atoms with Crippen LogP contribution in [-0.4, -0.2) is 24.3 Å². The van der Waals surface area contributed by atoms with Gasteiger partial charge in [0.05, 0.1) is 16.2 Å². The molecule has 0 aliphatic carbocycles. The molecule has 0 bridgehead atoms. The second-order valence-corrected chi connectivity index (χ2v) is 7.08. The summed E-state index contributed by atoms with van der Waals surface area (Å²) in [6.45, 7) is -0.0571. The summed E-state index contributed by atoms with van der Waals surface area (Å²) in [5.41, 5.74) is 0.163. The molecular formula is C16H14F3N3O2S. The van der Waals surface area contributed by atoms with E-state index in [1.807, 2.05) is 12.1 Å². The Balaban J connectivity index is 1.74. The maximum absolute atomic E-state index is 13.0. The van der Waals surface area contributed by atoms with Gasteiger partial charge in [-0.05, 0) is 24.3 Å². The first-order chi connectivity index (χ1) is 11.8. The zero-order valence-electron chi connectivity index (χ0n) is 12.9. The van der Waals surface area contributed by atoms with Crippen LogP contribution < -0.4 is 4.72 Å². The molecule has 0 radical (unpaired) electrons. The number of nitrogens with zero attached hydrogens (tertiary/aromatic N) is 2. The molecular weight excluding hydrogens is 355 g/mol. The van der Waals surface area contributed by atoms with Gasteiger partial charge in [0.1, 0.15) is 5.65 Å². The van der Waals surface area contributed by atoms with E-state index in [2.05, 4.69) is 9.71 Å². The third kappa shape index (κ3) is 3.83. The Labute approximate surface area is 142 Å². The normalized spacial score (nSPS) is 12.6. The van der Waals surface area contributed by atoms with E-state index in [-0.39, 0.29) is 13.0 Å². The van der Waals surface area contributed by atoms with Crippen molar-refractivity contribution in [3.8, 4) is 0 Å². The molecule has 0 aliphatic heterocycles. The van der Waals surface area contributed by atoms with Gasteiger partial charge in [-0.3, -0.25) is 0 Å². The fourth-order valence-electron chi connectivity index (χ4n) is 2.43. The van der Waals surface area contributed by atoms with Crippen LogP contribution in [0.2, 0.25) is 0 Å². The largest absolute Gasteiger partial charge is 0.417 e. The quantitative estimate of drug-likeness (QED) is 0.752. The average molecular weight is 369 g/mol. The number of aromatic nitrogens is 2. The van der Waals surface area contributed by atoms with Crippen molar-refractivity contribution < 1.29 is 21.6 Å². The van der Waals surface area contributed by atoms with Crippen LogP contribution in [0.1, 0.15) is 11.3 Å². The number of nitrogens with one attached hydrogen (secondary N) is 1. The number of pyridine rings is 1. The van der Waals surface area contributed by atoms with Gasteiger partial charge in [0.2, 0.25) is 10.0 Å². The smallest absolute Gasteiger partial charge is 0.307 e. The Kier molecular flexibility index (Phi) is 4.53. The van der Waals surface area contributed by atoms with Crippen molar-refractivity contribution >= 4 is 15.7 Å². The van der Waals surface area contributed by atoms with Gasteiger partial charge in [-0.1, -0.05) is 18.2 Å². The maximum Gasteiger partial charge on any atom is 0.417 e. The van der Waals surface area contributed by atoms with Crippen molar-refractivity contribution in [2.45, 2.75) is 17.5 Å². The van der Waals surface area contributed by atoms with Gasteiger partial charge >= 0.3 is 6.18 Å². The fourth-order valence-corrected chi connectivity index (χ4v) is 3.69. The van der Waals surface area contributed by atoms with Crippen LogP contribution in [0.3, 0.4) is 0 Å². The van der Waals surface area contributed by atoms with Crippen molar-refractivity contribution in [3.63, 3.8) is 0 Å². The number of hydrogen-bond donors (Lipinski definition) is 1. The van der Waals surface area contributed by atoms with Crippen LogP contribution in [0.4, 0.5) is 13.2 Å². The fraction of sp³-hybridized carbons (Fsp3) is 0.188. The molecule has 0 saturated carbocycles. The minimum Gasteiger partial charge on any atom is -0.307 e. The lowest BCUT2D eigenvalue weighted by atomic mass is 10.2. The Morgan fingerprint density at radius 3 is 2.52 bits per heavy atom. The second kappa shape index (κ2) is 6.49. The van der Waals surface area contributed by atoms with E-state index in [9.17, 15) is 21.6 Å². The number of alkyl halides is 3. The van der Waals surface area contributed by atoms with Gasteiger partial charge in [-0.2, -0.15) is 13.2 Å². The highest BCUT2D eigenvalue weighted by molar-refractivity contribution is 7.89. The molecule has 2 aromatic heterocycles.